The maximum Gasteiger partial charge on any atom is 0.262 e. The zero-order valence-electron chi connectivity index (χ0n) is 15.1. The fraction of sp³-hybridized carbons (Fsp3) is 0.368. The summed E-state index contributed by atoms with van der Waals surface area (Å²) in [6.45, 7) is 0. The zero-order valence-corrected chi connectivity index (χ0v) is 16.7. The van der Waals surface area contributed by atoms with E-state index in [-0.39, 0.29) is 0 Å². The third kappa shape index (κ3) is 3.82. The molecule has 0 radical (unpaired) electrons. The van der Waals surface area contributed by atoms with E-state index in [1.807, 2.05) is 14.1 Å². The molecule has 0 saturated heterocycles. The lowest BCUT2D eigenvalue weighted by molar-refractivity contribution is 0.263. The second-order valence-electron chi connectivity index (χ2n) is 6.70. The molecule has 0 fully saturated rings. The number of nitrogens with one attached hydrogen (secondary N) is 1. The Labute approximate surface area is 160 Å². The SMILES string of the molecule is COc1ccc(S(=O)(=O)Nc2ccc(Cl)cc2)c2c1CC(N(C)C)CC2. The molecule has 0 saturated carbocycles. The molecular formula is C19H23ClN2O3S. The predicted molar refractivity (Wildman–Crippen MR) is 105 cm³/mol. The van der Waals surface area contributed by atoms with Crippen LogP contribution < -0.4 is 9.46 Å². The summed E-state index contributed by atoms with van der Waals surface area (Å²) in [6.07, 6.45) is 2.39. The number of halogens is 1. The molecule has 0 aromatic heterocycles. The van der Waals surface area contributed by atoms with E-state index >= 15 is 0 Å². The van der Waals surface area contributed by atoms with Crippen LogP contribution in [0.3, 0.4) is 0 Å². The van der Waals surface area contributed by atoms with Gasteiger partial charge in [0.2, 0.25) is 0 Å². The predicted octanol–water partition coefficient (Wildman–Crippen LogP) is 3.57. The van der Waals surface area contributed by atoms with Gasteiger partial charge in [-0.2, -0.15) is 0 Å². The van der Waals surface area contributed by atoms with Gasteiger partial charge in [-0.05, 0) is 75.3 Å². The maximum absolute atomic E-state index is 13.0. The van der Waals surface area contributed by atoms with E-state index in [1.165, 1.54) is 0 Å². The summed E-state index contributed by atoms with van der Waals surface area (Å²) in [5.74, 6) is 0.747. The lowest BCUT2D eigenvalue weighted by Crippen LogP contribution is -2.34. The van der Waals surface area contributed by atoms with Crippen LogP contribution in [0.25, 0.3) is 0 Å². The zero-order chi connectivity index (χ0) is 18.9. The number of fused-ring (bicyclic) bond motifs is 1. The Balaban J connectivity index is 2.00. The van der Waals surface area contributed by atoms with E-state index < -0.39 is 10.0 Å². The van der Waals surface area contributed by atoms with Gasteiger partial charge in [0.1, 0.15) is 5.75 Å². The highest BCUT2D eigenvalue weighted by Gasteiger charge is 2.29. The highest BCUT2D eigenvalue weighted by molar-refractivity contribution is 7.92. The van der Waals surface area contributed by atoms with Crippen LogP contribution in [-0.2, 0) is 22.9 Å². The molecule has 26 heavy (non-hydrogen) atoms. The second-order valence-corrected chi connectivity index (χ2v) is 8.78. The number of hydrogen-bond donors (Lipinski definition) is 1. The summed E-state index contributed by atoms with van der Waals surface area (Å²) < 4.78 is 34.1. The Kier molecular flexibility index (Phi) is 5.46. The monoisotopic (exact) mass is 394 g/mol. The van der Waals surface area contributed by atoms with Crippen molar-refractivity contribution in [1.29, 1.82) is 0 Å². The van der Waals surface area contributed by atoms with Crippen molar-refractivity contribution < 1.29 is 13.2 Å². The van der Waals surface area contributed by atoms with Gasteiger partial charge in [0.05, 0.1) is 12.0 Å². The fourth-order valence-electron chi connectivity index (χ4n) is 3.41. The molecule has 1 aliphatic rings. The van der Waals surface area contributed by atoms with Crippen LogP contribution in [0.4, 0.5) is 5.69 Å². The molecule has 0 aliphatic heterocycles. The van der Waals surface area contributed by atoms with Gasteiger partial charge < -0.3 is 9.64 Å². The molecule has 5 nitrogen and oxygen atoms in total. The molecule has 0 bridgehead atoms. The van der Waals surface area contributed by atoms with Crippen LogP contribution >= 0.6 is 11.6 Å². The van der Waals surface area contributed by atoms with Crippen LogP contribution in [-0.4, -0.2) is 40.6 Å². The minimum Gasteiger partial charge on any atom is -0.496 e. The summed E-state index contributed by atoms with van der Waals surface area (Å²) in [7, 11) is 2.02. The molecular weight excluding hydrogens is 372 g/mol. The van der Waals surface area contributed by atoms with Crippen LogP contribution in [0.1, 0.15) is 17.5 Å². The van der Waals surface area contributed by atoms with Gasteiger partial charge in [0.15, 0.2) is 0 Å². The Hall–Kier alpha value is -1.76. The molecule has 2 aromatic rings. The summed E-state index contributed by atoms with van der Waals surface area (Å²) in [5.41, 5.74) is 2.32. The van der Waals surface area contributed by atoms with Crippen molar-refractivity contribution in [2.75, 3.05) is 25.9 Å². The first-order valence-electron chi connectivity index (χ1n) is 8.45. The first kappa shape index (κ1) is 19.0. The van der Waals surface area contributed by atoms with Crippen molar-refractivity contribution in [1.82, 2.24) is 4.90 Å². The first-order valence-corrected chi connectivity index (χ1v) is 10.3. The van der Waals surface area contributed by atoms with Gasteiger partial charge in [-0.15, -0.1) is 0 Å². The van der Waals surface area contributed by atoms with Gasteiger partial charge in [-0.3, -0.25) is 4.72 Å². The molecule has 1 unspecified atom stereocenters. The van der Waals surface area contributed by atoms with Gasteiger partial charge in [0.25, 0.3) is 10.0 Å². The molecule has 3 rings (SSSR count). The van der Waals surface area contributed by atoms with Gasteiger partial charge in [0, 0.05) is 22.3 Å². The van der Waals surface area contributed by atoms with Crippen LogP contribution in [0.2, 0.25) is 5.02 Å². The lowest BCUT2D eigenvalue weighted by Gasteiger charge is -2.31. The van der Waals surface area contributed by atoms with E-state index in [0.717, 1.165) is 29.7 Å². The minimum absolute atomic E-state index is 0.320. The van der Waals surface area contributed by atoms with Crippen molar-refractivity contribution in [2.45, 2.75) is 30.2 Å². The Bertz CT molecular complexity index is 896. The molecule has 0 spiro atoms. The van der Waals surface area contributed by atoms with E-state index in [4.69, 9.17) is 16.3 Å². The van der Waals surface area contributed by atoms with E-state index in [2.05, 4.69) is 9.62 Å². The van der Waals surface area contributed by atoms with Gasteiger partial charge in [-0.25, -0.2) is 8.42 Å². The molecule has 0 amide bonds. The summed E-state index contributed by atoms with van der Waals surface area (Å²) >= 11 is 5.87. The number of rotatable bonds is 5. The first-order chi connectivity index (χ1) is 12.3. The number of sulfonamides is 1. The normalized spacial score (nSPS) is 17.0. The fourth-order valence-corrected chi connectivity index (χ4v) is 4.89. The number of ether oxygens (including phenoxy) is 1. The van der Waals surface area contributed by atoms with Gasteiger partial charge >= 0.3 is 0 Å². The molecule has 1 N–H and O–H groups in total. The Morgan fingerprint density at radius 2 is 1.81 bits per heavy atom. The van der Waals surface area contributed by atoms with E-state index in [1.54, 1.807) is 43.5 Å². The van der Waals surface area contributed by atoms with Crippen LogP contribution in [0, 0.1) is 0 Å². The van der Waals surface area contributed by atoms with Crippen molar-refractivity contribution in [2.24, 2.45) is 0 Å². The molecule has 1 aliphatic carbocycles. The molecule has 1 atom stereocenters. The van der Waals surface area contributed by atoms with Crippen molar-refractivity contribution >= 4 is 27.3 Å². The lowest BCUT2D eigenvalue weighted by atomic mass is 9.87. The molecule has 0 heterocycles. The number of hydrogen-bond acceptors (Lipinski definition) is 4. The largest absolute Gasteiger partial charge is 0.496 e. The number of nitrogens with zero attached hydrogens (tertiary/aromatic N) is 1. The summed E-state index contributed by atoms with van der Waals surface area (Å²) in [4.78, 5) is 2.50. The minimum atomic E-state index is -3.69. The third-order valence-corrected chi connectivity index (χ3v) is 6.57. The van der Waals surface area contributed by atoms with E-state index in [0.29, 0.717) is 28.1 Å². The smallest absolute Gasteiger partial charge is 0.262 e. The Morgan fingerprint density at radius 3 is 2.42 bits per heavy atom. The third-order valence-electron chi connectivity index (χ3n) is 4.85. The highest BCUT2D eigenvalue weighted by Crippen LogP contribution is 2.36. The quantitative estimate of drug-likeness (QED) is 0.842. The highest BCUT2D eigenvalue weighted by atomic mass is 35.5. The number of benzene rings is 2. The van der Waals surface area contributed by atoms with Crippen molar-refractivity contribution in [3.8, 4) is 5.75 Å². The topological polar surface area (TPSA) is 58.6 Å². The maximum atomic E-state index is 13.0. The molecule has 140 valence electrons. The number of anilines is 1. The average molecular weight is 395 g/mol. The Morgan fingerprint density at radius 1 is 1.12 bits per heavy atom. The van der Waals surface area contributed by atoms with Crippen molar-refractivity contribution in [3.63, 3.8) is 0 Å². The molecule has 2 aromatic carbocycles. The van der Waals surface area contributed by atoms with Crippen LogP contribution in [0.15, 0.2) is 41.3 Å². The standard InChI is InChI=1S/C19H23ClN2O3S/c1-22(2)15-8-9-16-17(12-15)18(25-3)10-11-19(16)26(23,24)21-14-6-4-13(20)5-7-14/h4-7,10-11,15,21H,8-9,12H2,1-3H3. The number of likely N-dealkylation sites (N-methyl/N-ethyl adjacent to an activating group) is 1. The number of methoxy groups -OCH3 is 1. The van der Waals surface area contributed by atoms with Crippen molar-refractivity contribution in [3.05, 3.63) is 52.5 Å². The molecule has 7 heteroatoms. The average Bonchev–Trinajstić information content (AvgIpc) is 2.61. The van der Waals surface area contributed by atoms with Crippen LogP contribution in [0.5, 0.6) is 5.75 Å². The summed E-state index contributed by atoms with van der Waals surface area (Å²) in [5, 5.41) is 0.560. The second kappa shape index (κ2) is 7.47. The van der Waals surface area contributed by atoms with Gasteiger partial charge in [-0.1, -0.05) is 11.6 Å². The van der Waals surface area contributed by atoms with E-state index in [9.17, 15) is 8.42 Å². The summed E-state index contributed by atoms with van der Waals surface area (Å²) in [6, 6.07) is 10.4.